The number of nitrogens with zero attached hydrogens (tertiary/aromatic N) is 1. The molecule has 0 saturated heterocycles. The normalized spacial score (nSPS) is 12.3. The molecule has 0 aliphatic rings. The summed E-state index contributed by atoms with van der Waals surface area (Å²) < 4.78 is 17.8. The first-order valence-corrected chi connectivity index (χ1v) is 9.08. The van der Waals surface area contributed by atoms with E-state index in [9.17, 15) is 4.21 Å². The summed E-state index contributed by atoms with van der Waals surface area (Å²) in [6.07, 6.45) is 1.55. The van der Waals surface area contributed by atoms with E-state index >= 15 is 0 Å². The number of aromatic nitrogens is 1. The second kappa shape index (κ2) is 7.11. The SMILES string of the molecule is Cc1ccc(CS(=O)Cc2coc(-c3ccccc3Cl)n2)cc1. The van der Waals surface area contributed by atoms with E-state index in [0.717, 1.165) is 11.1 Å². The number of hydrogen-bond donors (Lipinski definition) is 0. The monoisotopic (exact) mass is 345 g/mol. The van der Waals surface area contributed by atoms with Crippen LogP contribution < -0.4 is 0 Å². The maximum atomic E-state index is 12.3. The lowest BCUT2D eigenvalue weighted by molar-refractivity contribution is 0.573. The number of halogens is 1. The van der Waals surface area contributed by atoms with Crippen molar-refractivity contribution < 1.29 is 8.63 Å². The molecule has 0 amide bonds. The molecule has 0 fully saturated rings. The van der Waals surface area contributed by atoms with Gasteiger partial charge in [-0.25, -0.2) is 4.98 Å². The molecule has 0 bridgehead atoms. The van der Waals surface area contributed by atoms with E-state index in [1.807, 2.05) is 49.4 Å². The Labute approximate surface area is 142 Å². The molecule has 23 heavy (non-hydrogen) atoms. The molecular formula is C18H16ClNO2S. The fraction of sp³-hybridized carbons (Fsp3) is 0.167. The average Bonchev–Trinajstić information content (AvgIpc) is 2.98. The van der Waals surface area contributed by atoms with E-state index < -0.39 is 10.8 Å². The molecule has 2 aromatic carbocycles. The van der Waals surface area contributed by atoms with Crippen molar-refractivity contribution in [1.29, 1.82) is 0 Å². The molecule has 0 spiro atoms. The van der Waals surface area contributed by atoms with Gasteiger partial charge in [0.05, 0.1) is 22.0 Å². The summed E-state index contributed by atoms with van der Waals surface area (Å²) in [5, 5.41) is 0.585. The topological polar surface area (TPSA) is 43.1 Å². The van der Waals surface area contributed by atoms with Crippen molar-refractivity contribution in [3.05, 3.63) is 76.6 Å². The molecule has 5 heteroatoms. The first kappa shape index (κ1) is 16.0. The lowest BCUT2D eigenvalue weighted by Crippen LogP contribution is -2.00. The van der Waals surface area contributed by atoms with Crippen LogP contribution in [0.15, 0.2) is 59.2 Å². The minimum Gasteiger partial charge on any atom is -0.444 e. The van der Waals surface area contributed by atoms with Crippen molar-refractivity contribution in [1.82, 2.24) is 4.98 Å². The van der Waals surface area contributed by atoms with Gasteiger partial charge < -0.3 is 4.42 Å². The van der Waals surface area contributed by atoms with E-state index in [0.29, 0.717) is 28.1 Å². The summed E-state index contributed by atoms with van der Waals surface area (Å²) in [5.74, 6) is 1.33. The van der Waals surface area contributed by atoms with Gasteiger partial charge in [0.1, 0.15) is 6.26 Å². The zero-order valence-electron chi connectivity index (χ0n) is 12.7. The lowest BCUT2D eigenvalue weighted by atomic mass is 10.2. The summed E-state index contributed by atoms with van der Waals surface area (Å²) >= 11 is 6.13. The number of benzene rings is 2. The van der Waals surface area contributed by atoms with Crippen molar-refractivity contribution in [2.45, 2.75) is 18.4 Å². The molecule has 0 aliphatic heterocycles. The Kier molecular flexibility index (Phi) is 4.94. The van der Waals surface area contributed by atoms with Crippen molar-refractivity contribution in [3.63, 3.8) is 0 Å². The van der Waals surface area contributed by atoms with Gasteiger partial charge in [0.15, 0.2) is 0 Å². The quantitative estimate of drug-likeness (QED) is 0.670. The molecule has 3 nitrogen and oxygen atoms in total. The second-order valence-corrected chi connectivity index (χ2v) is 7.20. The Balaban J connectivity index is 1.68. The maximum Gasteiger partial charge on any atom is 0.227 e. The third-order valence-corrected chi connectivity index (χ3v) is 5.02. The Morgan fingerprint density at radius 2 is 1.83 bits per heavy atom. The van der Waals surface area contributed by atoms with Crippen LogP contribution in [0.4, 0.5) is 0 Å². The first-order valence-electron chi connectivity index (χ1n) is 7.21. The number of aryl methyl sites for hydroxylation is 1. The molecule has 1 unspecified atom stereocenters. The van der Waals surface area contributed by atoms with Crippen molar-refractivity contribution in [2.24, 2.45) is 0 Å². The fourth-order valence-electron chi connectivity index (χ4n) is 2.22. The van der Waals surface area contributed by atoms with E-state index in [2.05, 4.69) is 4.98 Å². The van der Waals surface area contributed by atoms with E-state index in [1.54, 1.807) is 12.3 Å². The lowest BCUT2D eigenvalue weighted by Gasteiger charge is -2.01. The van der Waals surface area contributed by atoms with Gasteiger partial charge in [-0.15, -0.1) is 0 Å². The Morgan fingerprint density at radius 3 is 2.57 bits per heavy atom. The third-order valence-electron chi connectivity index (χ3n) is 3.41. The van der Waals surface area contributed by atoms with Crippen LogP contribution in [0.1, 0.15) is 16.8 Å². The first-order chi connectivity index (χ1) is 11.1. The molecule has 1 aromatic heterocycles. The molecule has 3 aromatic rings. The summed E-state index contributed by atoms with van der Waals surface area (Å²) in [6, 6.07) is 15.4. The van der Waals surface area contributed by atoms with Crippen molar-refractivity contribution in [2.75, 3.05) is 0 Å². The summed E-state index contributed by atoms with van der Waals surface area (Å²) in [4.78, 5) is 4.39. The van der Waals surface area contributed by atoms with Gasteiger partial charge in [0, 0.05) is 16.6 Å². The molecule has 118 valence electrons. The van der Waals surface area contributed by atoms with E-state index in [-0.39, 0.29) is 0 Å². The molecule has 1 heterocycles. The molecule has 0 N–H and O–H groups in total. The smallest absolute Gasteiger partial charge is 0.227 e. The van der Waals surface area contributed by atoms with E-state index in [1.165, 1.54) is 5.56 Å². The Bertz CT molecular complexity index is 827. The van der Waals surface area contributed by atoms with Crippen LogP contribution in [-0.4, -0.2) is 9.19 Å². The van der Waals surface area contributed by atoms with Crippen molar-refractivity contribution in [3.8, 4) is 11.5 Å². The minimum absolute atomic E-state index is 0.363. The predicted octanol–water partition coefficient (Wildman–Crippen LogP) is 4.75. The van der Waals surface area contributed by atoms with Gasteiger partial charge in [-0.2, -0.15) is 0 Å². The molecule has 0 radical (unpaired) electrons. The molecule has 3 rings (SSSR count). The molecule has 1 atom stereocenters. The highest BCUT2D eigenvalue weighted by atomic mass is 35.5. The summed E-state index contributed by atoms with van der Waals surface area (Å²) in [6.45, 7) is 2.03. The molecular weight excluding hydrogens is 330 g/mol. The highest BCUT2D eigenvalue weighted by Gasteiger charge is 2.12. The van der Waals surface area contributed by atoms with Gasteiger partial charge in [-0.1, -0.05) is 53.6 Å². The van der Waals surface area contributed by atoms with Gasteiger partial charge >= 0.3 is 0 Å². The third kappa shape index (κ3) is 4.09. The zero-order chi connectivity index (χ0) is 16.2. The molecule has 0 aliphatic carbocycles. The maximum absolute atomic E-state index is 12.3. The Hall–Kier alpha value is -1.91. The highest BCUT2D eigenvalue weighted by Crippen LogP contribution is 2.27. The van der Waals surface area contributed by atoms with Crippen LogP contribution in [0.25, 0.3) is 11.5 Å². The van der Waals surface area contributed by atoms with E-state index in [4.69, 9.17) is 16.0 Å². The van der Waals surface area contributed by atoms with Crippen LogP contribution in [0.3, 0.4) is 0 Å². The predicted molar refractivity (Wildman–Crippen MR) is 93.7 cm³/mol. The fourth-order valence-corrected chi connectivity index (χ4v) is 3.56. The Morgan fingerprint density at radius 1 is 1.09 bits per heavy atom. The van der Waals surface area contributed by atoms with Crippen LogP contribution in [0, 0.1) is 6.92 Å². The standard InChI is InChI=1S/C18H16ClNO2S/c1-13-6-8-14(9-7-13)11-23(21)12-15-10-22-18(20-15)16-4-2-3-5-17(16)19/h2-10H,11-12H2,1H3. The van der Waals surface area contributed by atoms with Crippen LogP contribution in [0.2, 0.25) is 5.02 Å². The van der Waals surface area contributed by atoms with Crippen molar-refractivity contribution >= 4 is 22.4 Å². The summed E-state index contributed by atoms with van der Waals surface area (Å²) in [7, 11) is -1.03. The highest BCUT2D eigenvalue weighted by molar-refractivity contribution is 7.83. The molecule has 0 saturated carbocycles. The summed E-state index contributed by atoms with van der Waals surface area (Å²) in [5.41, 5.74) is 3.67. The number of hydrogen-bond acceptors (Lipinski definition) is 3. The minimum atomic E-state index is -1.03. The van der Waals surface area contributed by atoms with Gasteiger partial charge in [-0.05, 0) is 24.6 Å². The average molecular weight is 346 g/mol. The van der Waals surface area contributed by atoms with Gasteiger partial charge in [-0.3, -0.25) is 4.21 Å². The number of oxazole rings is 1. The zero-order valence-corrected chi connectivity index (χ0v) is 14.2. The number of rotatable bonds is 5. The van der Waals surface area contributed by atoms with Gasteiger partial charge in [0.25, 0.3) is 0 Å². The van der Waals surface area contributed by atoms with Crippen LogP contribution in [0.5, 0.6) is 0 Å². The second-order valence-electron chi connectivity index (χ2n) is 5.34. The van der Waals surface area contributed by atoms with Gasteiger partial charge in [0.2, 0.25) is 5.89 Å². The van der Waals surface area contributed by atoms with Crippen LogP contribution >= 0.6 is 11.6 Å². The largest absolute Gasteiger partial charge is 0.444 e. The van der Waals surface area contributed by atoms with Crippen LogP contribution in [-0.2, 0) is 22.3 Å².